The Balaban J connectivity index is 1.96. The second-order valence-electron chi connectivity index (χ2n) is 6.44. The van der Waals surface area contributed by atoms with E-state index in [4.69, 9.17) is 0 Å². The van der Waals surface area contributed by atoms with Gasteiger partial charge in [-0.1, -0.05) is 20.8 Å². The number of carbonyl (C=O) groups excluding carboxylic acids is 1. The van der Waals surface area contributed by atoms with Crippen molar-refractivity contribution >= 4 is 11.6 Å². The van der Waals surface area contributed by atoms with Crippen LogP contribution in [0.1, 0.15) is 56.9 Å². The van der Waals surface area contributed by atoms with Gasteiger partial charge in [0, 0.05) is 24.5 Å². The van der Waals surface area contributed by atoms with Gasteiger partial charge in [-0.25, -0.2) is 0 Å². The van der Waals surface area contributed by atoms with Crippen LogP contribution in [-0.2, 0) is 0 Å². The minimum absolute atomic E-state index is 0.0542. The minimum atomic E-state index is -0.0542. The number of amides is 1. The largest absolute Gasteiger partial charge is 0.385 e. The highest BCUT2D eigenvalue weighted by atomic mass is 16.1. The van der Waals surface area contributed by atoms with E-state index < -0.39 is 0 Å². The molecule has 1 aliphatic carbocycles. The molecular weight excluding hydrogens is 262 g/mol. The number of hydrogen-bond acceptors (Lipinski definition) is 3. The maximum absolute atomic E-state index is 12.4. The number of rotatable bonds is 5. The summed E-state index contributed by atoms with van der Waals surface area (Å²) in [4.78, 5) is 16.5. The van der Waals surface area contributed by atoms with Crippen LogP contribution in [0.5, 0.6) is 0 Å². The lowest BCUT2D eigenvalue weighted by atomic mass is 9.80. The van der Waals surface area contributed by atoms with E-state index in [0.717, 1.165) is 31.5 Å². The molecule has 1 aromatic heterocycles. The number of anilines is 1. The van der Waals surface area contributed by atoms with Crippen LogP contribution in [0, 0.1) is 11.8 Å². The molecule has 0 saturated heterocycles. The van der Waals surface area contributed by atoms with Crippen molar-refractivity contribution in [2.24, 2.45) is 11.8 Å². The summed E-state index contributed by atoms with van der Waals surface area (Å²) in [5, 5.41) is 6.44. The Morgan fingerprint density at radius 1 is 1.29 bits per heavy atom. The Morgan fingerprint density at radius 2 is 2.00 bits per heavy atom. The van der Waals surface area contributed by atoms with Crippen LogP contribution >= 0.6 is 0 Å². The first kappa shape index (κ1) is 15.8. The van der Waals surface area contributed by atoms with E-state index in [1.54, 1.807) is 6.20 Å². The molecule has 1 fully saturated rings. The molecule has 2 unspecified atom stereocenters. The Labute approximate surface area is 127 Å². The lowest BCUT2D eigenvalue weighted by molar-refractivity contribution is 0.0906. The zero-order valence-electron chi connectivity index (χ0n) is 13.4. The third kappa shape index (κ3) is 4.73. The van der Waals surface area contributed by atoms with Crippen molar-refractivity contribution in [1.29, 1.82) is 0 Å². The summed E-state index contributed by atoms with van der Waals surface area (Å²) in [5.74, 6) is 1.32. The Kier molecular flexibility index (Phi) is 5.59. The molecular formula is C17H27N3O. The Hall–Kier alpha value is -1.58. The lowest BCUT2D eigenvalue weighted by Crippen LogP contribution is -2.40. The summed E-state index contributed by atoms with van der Waals surface area (Å²) in [6.07, 6.45) is 6.16. The highest BCUT2D eigenvalue weighted by Crippen LogP contribution is 2.28. The van der Waals surface area contributed by atoms with Crippen molar-refractivity contribution in [1.82, 2.24) is 10.3 Å². The van der Waals surface area contributed by atoms with Crippen molar-refractivity contribution in [3.8, 4) is 0 Å². The number of hydrogen-bond donors (Lipinski definition) is 2. The van der Waals surface area contributed by atoms with Gasteiger partial charge in [-0.15, -0.1) is 0 Å². The van der Waals surface area contributed by atoms with Gasteiger partial charge in [-0.2, -0.15) is 0 Å². The van der Waals surface area contributed by atoms with E-state index in [1.165, 1.54) is 6.42 Å². The summed E-state index contributed by atoms with van der Waals surface area (Å²) in [6, 6.07) is 4.02. The molecule has 0 aromatic carbocycles. The number of nitrogens with zero attached hydrogens (tertiary/aromatic N) is 1. The van der Waals surface area contributed by atoms with Crippen LogP contribution in [0.25, 0.3) is 0 Å². The number of nitrogens with one attached hydrogen (secondary N) is 2. The van der Waals surface area contributed by atoms with Crippen LogP contribution in [0.2, 0.25) is 0 Å². The van der Waals surface area contributed by atoms with Gasteiger partial charge < -0.3 is 10.6 Å². The molecule has 1 saturated carbocycles. The minimum Gasteiger partial charge on any atom is -0.385 e. The van der Waals surface area contributed by atoms with Gasteiger partial charge in [-0.05, 0) is 49.7 Å². The maximum atomic E-state index is 12.4. The zero-order chi connectivity index (χ0) is 15.2. The van der Waals surface area contributed by atoms with Crippen molar-refractivity contribution in [2.75, 3.05) is 11.9 Å². The molecule has 4 heteroatoms. The van der Waals surface area contributed by atoms with Crippen LogP contribution in [0.4, 0.5) is 5.69 Å². The van der Waals surface area contributed by atoms with Crippen molar-refractivity contribution in [2.45, 2.75) is 52.5 Å². The predicted molar refractivity (Wildman–Crippen MR) is 86.5 cm³/mol. The van der Waals surface area contributed by atoms with Gasteiger partial charge in [0.25, 0.3) is 5.91 Å². The second-order valence-corrected chi connectivity index (χ2v) is 6.44. The fraction of sp³-hybridized carbons (Fsp3) is 0.647. The smallest absolute Gasteiger partial charge is 0.270 e. The quantitative estimate of drug-likeness (QED) is 0.873. The molecule has 2 atom stereocenters. The standard InChI is InChI=1S/C17H27N3O/c1-4-6-18-14-5-7-19-16(11-14)17(21)20-15-9-12(2)8-13(3)10-15/h5,7,11-13,15H,4,6,8-10H2,1-3H3,(H,18,19)(H,20,21). The summed E-state index contributed by atoms with van der Waals surface area (Å²) in [5.41, 5.74) is 1.46. The molecule has 2 N–H and O–H groups in total. The lowest BCUT2D eigenvalue weighted by Gasteiger charge is -2.31. The van der Waals surface area contributed by atoms with E-state index in [1.807, 2.05) is 12.1 Å². The van der Waals surface area contributed by atoms with Gasteiger partial charge in [0.15, 0.2) is 0 Å². The molecule has 0 bridgehead atoms. The molecule has 1 heterocycles. The number of pyridine rings is 1. The van der Waals surface area contributed by atoms with Crippen molar-refractivity contribution < 1.29 is 4.79 Å². The first-order valence-electron chi connectivity index (χ1n) is 8.09. The maximum Gasteiger partial charge on any atom is 0.270 e. The van der Waals surface area contributed by atoms with E-state index in [2.05, 4.69) is 36.4 Å². The topological polar surface area (TPSA) is 54.0 Å². The van der Waals surface area contributed by atoms with E-state index in [9.17, 15) is 4.79 Å². The molecule has 4 nitrogen and oxygen atoms in total. The SMILES string of the molecule is CCCNc1ccnc(C(=O)NC2CC(C)CC(C)C2)c1. The summed E-state index contributed by atoms with van der Waals surface area (Å²) in [6.45, 7) is 7.56. The average Bonchev–Trinajstić information content (AvgIpc) is 2.44. The highest BCUT2D eigenvalue weighted by Gasteiger charge is 2.25. The molecule has 21 heavy (non-hydrogen) atoms. The second kappa shape index (κ2) is 7.43. The summed E-state index contributed by atoms with van der Waals surface area (Å²) in [7, 11) is 0. The molecule has 0 radical (unpaired) electrons. The van der Waals surface area contributed by atoms with Gasteiger partial charge in [0.2, 0.25) is 0 Å². The first-order valence-corrected chi connectivity index (χ1v) is 8.09. The number of carbonyl (C=O) groups is 1. The molecule has 2 rings (SSSR count). The summed E-state index contributed by atoms with van der Waals surface area (Å²) >= 11 is 0. The molecule has 1 aliphatic rings. The molecule has 1 amide bonds. The zero-order valence-corrected chi connectivity index (χ0v) is 13.4. The number of aromatic nitrogens is 1. The third-order valence-electron chi connectivity index (χ3n) is 4.09. The van der Waals surface area contributed by atoms with E-state index in [-0.39, 0.29) is 11.9 Å². The third-order valence-corrected chi connectivity index (χ3v) is 4.09. The predicted octanol–water partition coefficient (Wildman–Crippen LogP) is 3.46. The van der Waals surface area contributed by atoms with Gasteiger partial charge in [0.05, 0.1) is 0 Å². The first-order chi connectivity index (χ1) is 10.1. The molecule has 0 spiro atoms. The normalized spacial score (nSPS) is 25.4. The molecule has 1 aromatic rings. The van der Waals surface area contributed by atoms with Crippen molar-refractivity contribution in [3.05, 3.63) is 24.0 Å². The molecule has 0 aliphatic heterocycles. The van der Waals surface area contributed by atoms with Gasteiger partial charge in [0.1, 0.15) is 5.69 Å². The molecule has 116 valence electrons. The van der Waals surface area contributed by atoms with Crippen LogP contribution in [-0.4, -0.2) is 23.5 Å². The Bertz CT molecular complexity index is 465. The van der Waals surface area contributed by atoms with E-state index >= 15 is 0 Å². The fourth-order valence-electron chi connectivity index (χ4n) is 3.26. The van der Waals surface area contributed by atoms with Crippen molar-refractivity contribution in [3.63, 3.8) is 0 Å². The van der Waals surface area contributed by atoms with Gasteiger partial charge >= 0.3 is 0 Å². The van der Waals surface area contributed by atoms with Crippen LogP contribution in [0.15, 0.2) is 18.3 Å². The van der Waals surface area contributed by atoms with Crippen LogP contribution in [0.3, 0.4) is 0 Å². The van der Waals surface area contributed by atoms with Gasteiger partial charge in [-0.3, -0.25) is 9.78 Å². The van der Waals surface area contributed by atoms with E-state index in [0.29, 0.717) is 17.5 Å². The summed E-state index contributed by atoms with van der Waals surface area (Å²) < 4.78 is 0. The highest BCUT2D eigenvalue weighted by molar-refractivity contribution is 5.93. The fourth-order valence-corrected chi connectivity index (χ4v) is 3.26. The monoisotopic (exact) mass is 289 g/mol. The van der Waals surface area contributed by atoms with Crippen LogP contribution < -0.4 is 10.6 Å². The average molecular weight is 289 g/mol. The Morgan fingerprint density at radius 3 is 2.67 bits per heavy atom.